The van der Waals surface area contributed by atoms with Gasteiger partial charge in [-0.15, -0.1) is 0 Å². The fourth-order valence-corrected chi connectivity index (χ4v) is 2.33. The van der Waals surface area contributed by atoms with Crippen molar-refractivity contribution >= 4 is 11.9 Å². The number of benzene rings is 1. The van der Waals surface area contributed by atoms with E-state index in [9.17, 15) is 9.59 Å². The van der Waals surface area contributed by atoms with Crippen LogP contribution in [0.3, 0.4) is 0 Å². The summed E-state index contributed by atoms with van der Waals surface area (Å²) >= 11 is 0. The van der Waals surface area contributed by atoms with E-state index in [0.29, 0.717) is 0 Å². The molecule has 0 saturated carbocycles. The van der Waals surface area contributed by atoms with Crippen LogP contribution < -0.4 is 5.32 Å². The summed E-state index contributed by atoms with van der Waals surface area (Å²) in [6, 6.07) is 8.01. The molecule has 25 heavy (non-hydrogen) atoms. The van der Waals surface area contributed by atoms with Crippen molar-refractivity contribution in [3.8, 4) is 5.69 Å². The summed E-state index contributed by atoms with van der Waals surface area (Å²) in [7, 11) is 3.21. The van der Waals surface area contributed by atoms with Gasteiger partial charge in [0.1, 0.15) is 12.7 Å². The number of amides is 1. The fourth-order valence-electron chi connectivity index (χ4n) is 2.33. The molecular weight excluding hydrogens is 322 g/mol. The molecule has 0 aliphatic rings. The highest BCUT2D eigenvalue weighted by Gasteiger charge is 2.15. The molecular formula is C17H23N5O3. The quantitative estimate of drug-likeness (QED) is 0.716. The third-order valence-electron chi connectivity index (χ3n) is 3.99. The summed E-state index contributed by atoms with van der Waals surface area (Å²) in [5, 5.41) is 6.80. The van der Waals surface area contributed by atoms with E-state index in [4.69, 9.17) is 0 Å². The number of methoxy groups -OCH3 is 1. The van der Waals surface area contributed by atoms with Crippen LogP contribution in [0.1, 0.15) is 24.9 Å². The van der Waals surface area contributed by atoms with Crippen molar-refractivity contribution in [1.29, 1.82) is 0 Å². The second kappa shape index (κ2) is 8.93. The van der Waals surface area contributed by atoms with Crippen molar-refractivity contribution < 1.29 is 14.3 Å². The normalized spacial score (nSPS) is 12.0. The van der Waals surface area contributed by atoms with Crippen LogP contribution in [-0.2, 0) is 14.3 Å². The van der Waals surface area contributed by atoms with E-state index in [1.54, 1.807) is 11.0 Å². The highest BCUT2D eigenvalue weighted by atomic mass is 16.5. The fraction of sp³-hybridized carbons (Fsp3) is 0.412. The zero-order valence-corrected chi connectivity index (χ0v) is 14.7. The molecule has 0 fully saturated rings. The Bertz CT molecular complexity index is 685. The molecule has 8 heteroatoms. The lowest BCUT2D eigenvalue weighted by atomic mass is 10.1. The van der Waals surface area contributed by atoms with Crippen molar-refractivity contribution in [2.75, 3.05) is 27.2 Å². The van der Waals surface area contributed by atoms with Gasteiger partial charge in [0.05, 0.1) is 25.8 Å². The minimum absolute atomic E-state index is 0.0659. The van der Waals surface area contributed by atoms with E-state index in [0.717, 1.165) is 11.3 Å². The molecule has 134 valence electrons. The largest absolute Gasteiger partial charge is 0.469 e. The van der Waals surface area contributed by atoms with E-state index < -0.39 is 0 Å². The highest BCUT2D eigenvalue weighted by molar-refractivity contribution is 5.78. The first kappa shape index (κ1) is 18.6. The van der Waals surface area contributed by atoms with Crippen LogP contribution in [0.25, 0.3) is 5.69 Å². The molecule has 0 aliphatic heterocycles. The third kappa shape index (κ3) is 5.39. The van der Waals surface area contributed by atoms with Crippen molar-refractivity contribution in [3.05, 3.63) is 42.5 Å². The maximum absolute atomic E-state index is 11.9. The highest BCUT2D eigenvalue weighted by Crippen LogP contribution is 2.19. The third-order valence-corrected chi connectivity index (χ3v) is 3.99. The van der Waals surface area contributed by atoms with Crippen LogP contribution in [0.2, 0.25) is 0 Å². The molecule has 0 spiro atoms. The van der Waals surface area contributed by atoms with E-state index in [-0.39, 0.29) is 37.4 Å². The molecule has 0 radical (unpaired) electrons. The average molecular weight is 345 g/mol. The molecule has 0 bridgehead atoms. The number of esters is 1. The number of hydrogen-bond donors (Lipinski definition) is 1. The number of nitrogens with zero attached hydrogens (tertiary/aromatic N) is 4. The Labute approximate surface area is 146 Å². The topological polar surface area (TPSA) is 89.4 Å². The monoisotopic (exact) mass is 345 g/mol. The molecule has 1 aromatic heterocycles. The second-order valence-corrected chi connectivity index (χ2v) is 5.70. The van der Waals surface area contributed by atoms with Crippen molar-refractivity contribution in [1.82, 2.24) is 25.0 Å². The Morgan fingerprint density at radius 1 is 1.32 bits per heavy atom. The first-order valence-corrected chi connectivity index (χ1v) is 8.00. The van der Waals surface area contributed by atoms with E-state index in [1.165, 1.54) is 13.4 Å². The van der Waals surface area contributed by atoms with Crippen LogP contribution in [0.4, 0.5) is 0 Å². The molecule has 1 N–H and O–H groups in total. The number of nitrogens with one attached hydrogen (secondary N) is 1. The minimum atomic E-state index is -0.338. The number of ether oxygens (including phenoxy) is 1. The Hall–Kier alpha value is -2.74. The second-order valence-electron chi connectivity index (χ2n) is 5.70. The summed E-state index contributed by atoms with van der Waals surface area (Å²) in [4.78, 5) is 28.8. The van der Waals surface area contributed by atoms with Crippen molar-refractivity contribution in [2.45, 2.75) is 19.4 Å². The van der Waals surface area contributed by atoms with Gasteiger partial charge in [0.15, 0.2) is 0 Å². The van der Waals surface area contributed by atoms with Crippen molar-refractivity contribution in [3.63, 3.8) is 0 Å². The van der Waals surface area contributed by atoms with Gasteiger partial charge in [-0.1, -0.05) is 12.1 Å². The van der Waals surface area contributed by atoms with Crippen LogP contribution in [0.15, 0.2) is 36.9 Å². The van der Waals surface area contributed by atoms with Gasteiger partial charge in [0.2, 0.25) is 5.91 Å². The Morgan fingerprint density at radius 2 is 2.04 bits per heavy atom. The number of carbonyl (C=O) groups excluding carboxylic acids is 2. The summed E-state index contributed by atoms with van der Waals surface area (Å²) in [6.45, 7) is 2.56. The van der Waals surface area contributed by atoms with Gasteiger partial charge in [-0.3, -0.25) is 14.5 Å². The number of aromatic nitrogens is 3. The molecule has 1 heterocycles. The summed E-state index contributed by atoms with van der Waals surface area (Å²) < 4.78 is 6.22. The molecule has 1 aromatic carbocycles. The Kier molecular flexibility index (Phi) is 6.64. The molecule has 8 nitrogen and oxygen atoms in total. The standard InChI is InChI=1S/C17H23N5O3/c1-13(21(2)10-16(23)19-9-8-17(24)25-3)14-4-6-15(7-5-14)22-12-18-11-20-22/h4-7,11-13H,8-10H2,1-3H3,(H,19,23). The van der Waals surface area contributed by atoms with Crippen LogP contribution in [-0.4, -0.2) is 58.8 Å². The summed E-state index contributed by atoms with van der Waals surface area (Å²) in [5.74, 6) is -0.466. The molecule has 0 saturated heterocycles. The van der Waals surface area contributed by atoms with Gasteiger partial charge in [-0.05, 0) is 31.7 Å². The first-order chi connectivity index (χ1) is 12.0. The van der Waals surface area contributed by atoms with Gasteiger partial charge < -0.3 is 10.1 Å². The predicted molar refractivity (Wildman–Crippen MR) is 92.0 cm³/mol. The summed E-state index contributed by atoms with van der Waals surface area (Å²) in [5.41, 5.74) is 2.02. The maximum Gasteiger partial charge on any atom is 0.307 e. The Morgan fingerprint density at radius 3 is 2.64 bits per heavy atom. The zero-order chi connectivity index (χ0) is 18.2. The molecule has 1 unspecified atom stereocenters. The molecule has 0 aliphatic carbocycles. The molecule has 1 amide bonds. The maximum atomic E-state index is 11.9. The van der Waals surface area contributed by atoms with Gasteiger partial charge in [-0.2, -0.15) is 5.10 Å². The molecule has 2 aromatic rings. The summed E-state index contributed by atoms with van der Waals surface area (Å²) in [6.07, 6.45) is 3.30. The van der Waals surface area contributed by atoms with Crippen LogP contribution in [0, 0.1) is 0 Å². The van der Waals surface area contributed by atoms with Gasteiger partial charge in [0, 0.05) is 12.6 Å². The lowest BCUT2D eigenvalue weighted by Gasteiger charge is -2.24. The van der Waals surface area contributed by atoms with Gasteiger partial charge in [0.25, 0.3) is 0 Å². The number of hydrogen-bond acceptors (Lipinski definition) is 6. The van der Waals surface area contributed by atoms with Gasteiger partial charge >= 0.3 is 5.97 Å². The molecule has 1 atom stereocenters. The van der Waals surface area contributed by atoms with Gasteiger partial charge in [-0.25, -0.2) is 9.67 Å². The predicted octanol–water partition coefficient (Wildman–Crippen LogP) is 0.939. The van der Waals surface area contributed by atoms with Crippen LogP contribution >= 0.6 is 0 Å². The minimum Gasteiger partial charge on any atom is -0.469 e. The van der Waals surface area contributed by atoms with E-state index >= 15 is 0 Å². The number of rotatable bonds is 8. The smallest absolute Gasteiger partial charge is 0.307 e. The number of likely N-dealkylation sites (N-methyl/N-ethyl adjacent to an activating group) is 1. The Balaban J connectivity index is 1.85. The lowest BCUT2D eigenvalue weighted by Crippen LogP contribution is -2.37. The first-order valence-electron chi connectivity index (χ1n) is 8.00. The zero-order valence-electron chi connectivity index (χ0n) is 14.7. The SMILES string of the molecule is COC(=O)CCNC(=O)CN(C)C(C)c1ccc(-n2cncn2)cc1. The van der Waals surface area contributed by atoms with E-state index in [1.807, 2.05) is 43.1 Å². The van der Waals surface area contributed by atoms with Crippen molar-refractivity contribution in [2.24, 2.45) is 0 Å². The van der Waals surface area contributed by atoms with E-state index in [2.05, 4.69) is 20.1 Å². The lowest BCUT2D eigenvalue weighted by molar-refractivity contribution is -0.140. The average Bonchev–Trinajstić information content (AvgIpc) is 3.15. The number of carbonyl (C=O) groups is 2. The molecule has 2 rings (SSSR count). The van der Waals surface area contributed by atoms with Crippen LogP contribution in [0.5, 0.6) is 0 Å².